The molecule has 1 aromatic heterocycles. The van der Waals surface area contributed by atoms with E-state index in [1.807, 2.05) is 12.1 Å². The highest BCUT2D eigenvalue weighted by molar-refractivity contribution is 5.76. The summed E-state index contributed by atoms with van der Waals surface area (Å²) in [6, 6.07) is 19.1. The van der Waals surface area contributed by atoms with Gasteiger partial charge in [-0.05, 0) is 55.0 Å². The molecular formula is C27H34N6O. The lowest BCUT2D eigenvalue weighted by Crippen LogP contribution is -2.47. The van der Waals surface area contributed by atoms with Crippen LogP contribution in [0, 0.1) is 5.92 Å². The van der Waals surface area contributed by atoms with Gasteiger partial charge in [0.2, 0.25) is 0 Å². The number of nitrogens with zero attached hydrogens (tertiary/aromatic N) is 5. The molecule has 2 aliphatic heterocycles. The highest BCUT2D eigenvalue weighted by Gasteiger charge is 2.26. The fourth-order valence-corrected chi connectivity index (χ4v) is 5.15. The van der Waals surface area contributed by atoms with E-state index < -0.39 is 0 Å². The Kier molecular flexibility index (Phi) is 6.70. The molecule has 34 heavy (non-hydrogen) atoms. The van der Waals surface area contributed by atoms with Crippen molar-refractivity contribution >= 4 is 23.0 Å². The number of hydrogen-bond acceptors (Lipinski definition) is 7. The van der Waals surface area contributed by atoms with E-state index in [4.69, 9.17) is 10.5 Å². The average molecular weight is 459 g/mol. The summed E-state index contributed by atoms with van der Waals surface area (Å²) < 4.78 is 5.28. The van der Waals surface area contributed by atoms with Gasteiger partial charge < -0.3 is 25.2 Å². The maximum atomic E-state index is 6.65. The Hall–Kier alpha value is -3.48. The van der Waals surface area contributed by atoms with Crippen LogP contribution in [0.3, 0.4) is 0 Å². The van der Waals surface area contributed by atoms with E-state index in [1.165, 1.54) is 11.3 Å². The number of ether oxygens (including phenoxy) is 1. The van der Waals surface area contributed by atoms with Gasteiger partial charge in [0.15, 0.2) is 11.6 Å². The molecule has 3 aromatic rings. The molecule has 2 fully saturated rings. The summed E-state index contributed by atoms with van der Waals surface area (Å²) in [6.07, 6.45) is 5.15. The smallest absolute Gasteiger partial charge is 0.157 e. The topological polar surface area (TPSA) is 70.8 Å². The number of piperazine rings is 1. The van der Waals surface area contributed by atoms with Gasteiger partial charge in [-0.25, -0.2) is 9.97 Å². The number of rotatable bonds is 6. The molecule has 5 rings (SSSR count). The third-order valence-corrected chi connectivity index (χ3v) is 7.14. The minimum absolute atomic E-state index is 0.710. The molecule has 0 saturated carbocycles. The summed E-state index contributed by atoms with van der Waals surface area (Å²) >= 11 is 0. The van der Waals surface area contributed by atoms with Crippen LogP contribution in [0.5, 0.6) is 5.75 Å². The normalized spacial score (nSPS) is 17.1. The lowest BCUT2D eigenvalue weighted by atomic mass is 9.90. The van der Waals surface area contributed by atoms with E-state index in [2.05, 4.69) is 67.1 Å². The number of piperidine rings is 1. The second kappa shape index (κ2) is 10.2. The van der Waals surface area contributed by atoms with Gasteiger partial charge in [-0.2, -0.15) is 0 Å². The second-order valence-electron chi connectivity index (χ2n) is 9.23. The van der Waals surface area contributed by atoms with Crippen LogP contribution < -0.4 is 25.2 Å². The molecule has 0 bridgehead atoms. The predicted octanol–water partition coefficient (Wildman–Crippen LogP) is 3.85. The molecule has 3 heterocycles. The lowest BCUT2D eigenvalue weighted by molar-refractivity contribution is 0.402. The zero-order valence-electron chi connectivity index (χ0n) is 19.9. The Bertz CT molecular complexity index is 1060. The number of hydrogen-bond donors (Lipinski definition) is 1. The Morgan fingerprint density at radius 2 is 1.38 bits per heavy atom. The second-order valence-corrected chi connectivity index (χ2v) is 9.23. The van der Waals surface area contributed by atoms with Crippen LogP contribution in [-0.2, 0) is 6.42 Å². The number of nitrogen functional groups attached to an aromatic ring is 1. The van der Waals surface area contributed by atoms with Crippen LogP contribution >= 0.6 is 0 Å². The Balaban J connectivity index is 1.19. The van der Waals surface area contributed by atoms with E-state index >= 15 is 0 Å². The molecule has 2 saturated heterocycles. The van der Waals surface area contributed by atoms with Gasteiger partial charge in [-0.1, -0.05) is 30.3 Å². The van der Waals surface area contributed by atoms with Gasteiger partial charge in [0.25, 0.3) is 0 Å². The first-order valence-corrected chi connectivity index (χ1v) is 12.2. The van der Waals surface area contributed by atoms with E-state index in [0.29, 0.717) is 11.6 Å². The van der Waals surface area contributed by atoms with Crippen LogP contribution in [0.25, 0.3) is 0 Å². The van der Waals surface area contributed by atoms with E-state index in [9.17, 15) is 0 Å². The molecule has 0 unspecified atom stereocenters. The lowest BCUT2D eigenvalue weighted by Gasteiger charge is -2.38. The molecule has 0 spiro atoms. The minimum Gasteiger partial charge on any atom is -0.497 e. The standard InChI is InChI=1S/C27H34N6O/c1-34-24-9-7-23(8-10-24)31-15-17-33(18-16-31)27-25(28)26(29-20-30-27)32-13-11-22(12-14-32)19-21-5-3-2-4-6-21/h2-10,20,22H,11-19,28H2,1H3. The number of aromatic nitrogens is 2. The molecule has 2 aliphatic rings. The van der Waals surface area contributed by atoms with E-state index in [1.54, 1.807) is 13.4 Å². The molecule has 7 nitrogen and oxygen atoms in total. The maximum Gasteiger partial charge on any atom is 0.157 e. The number of anilines is 4. The van der Waals surface area contributed by atoms with Crippen molar-refractivity contribution in [1.29, 1.82) is 0 Å². The van der Waals surface area contributed by atoms with Crippen molar-refractivity contribution in [3.05, 3.63) is 66.5 Å². The van der Waals surface area contributed by atoms with Gasteiger partial charge in [0, 0.05) is 45.0 Å². The van der Waals surface area contributed by atoms with Crippen LogP contribution in [0.2, 0.25) is 0 Å². The molecule has 7 heteroatoms. The summed E-state index contributed by atoms with van der Waals surface area (Å²) in [5, 5.41) is 0. The van der Waals surface area contributed by atoms with Crippen LogP contribution in [0.1, 0.15) is 18.4 Å². The third kappa shape index (κ3) is 4.88. The van der Waals surface area contributed by atoms with Gasteiger partial charge in [-0.3, -0.25) is 0 Å². The zero-order valence-corrected chi connectivity index (χ0v) is 19.9. The van der Waals surface area contributed by atoms with Gasteiger partial charge in [-0.15, -0.1) is 0 Å². The van der Waals surface area contributed by atoms with E-state index in [0.717, 1.165) is 75.9 Å². The molecule has 2 N–H and O–H groups in total. The summed E-state index contributed by atoms with van der Waals surface area (Å²) in [6.45, 7) is 5.59. The Morgan fingerprint density at radius 1 is 0.794 bits per heavy atom. The highest BCUT2D eigenvalue weighted by Crippen LogP contribution is 2.33. The van der Waals surface area contributed by atoms with Crippen molar-refractivity contribution in [3.8, 4) is 5.75 Å². The van der Waals surface area contributed by atoms with Gasteiger partial charge >= 0.3 is 0 Å². The monoisotopic (exact) mass is 458 g/mol. The third-order valence-electron chi connectivity index (χ3n) is 7.14. The van der Waals surface area contributed by atoms with E-state index in [-0.39, 0.29) is 0 Å². The number of benzene rings is 2. The van der Waals surface area contributed by atoms with Crippen molar-refractivity contribution in [3.63, 3.8) is 0 Å². The predicted molar refractivity (Wildman–Crippen MR) is 139 cm³/mol. The van der Waals surface area contributed by atoms with Crippen molar-refractivity contribution < 1.29 is 4.74 Å². The van der Waals surface area contributed by atoms with Crippen LogP contribution in [0.15, 0.2) is 60.9 Å². The van der Waals surface area contributed by atoms with Gasteiger partial charge in [0.1, 0.15) is 17.8 Å². The minimum atomic E-state index is 0.710. The molecule has 0 atom stereocenters. The Morgan fingerprint density at radius 3 is 2.00 bits per heavy atom. The quantitative estimate of drug-likeness (QED) is 0.602. The average Bonchev–Trinajstić information content (AvgIpc) is 2.90. The fraction of sp³-hybridized carbons (Fsp3) is 0.407. The van der Waals surface area contributed by atoms with Crippen LogP contribution in [-0.4, -0.2) is 56.3 Å². The summed E-state index contributed by atoms with van der Waals surface area (Å²) in [7, 11) is 1.70. The highest BCUT2D eigenvalue weighted by atomic mass is 16.5. The molecular weight excluding hydrogens is 424 g/mol. The van der Waals surface area contributed by atoms with Crippen molar-refractivity contribution in [2.24, 2.45) is 5.92 Å². The first kappa shape index (κ1) is 22.3. The molecule has 0 radical (unpaired) electrons. The molecule has 0 amide bonds. The molecule has 178 valence electrons. The van der Waals surface area contributed by atoms with Gasteiger partial charge in [0.05, 0.1) is 7.11 Å². The first-order valence-electron chi connectivity index (χ1n) is 12.2. The van der Waals surface area contributed by atoms with Crippen molar-refractivity contribution in [1.82, 2.24) is 9.97 Å². The molecule has 2 aromatic carbocycles. The van der Waals surface area contributed by atoms with Crippen molar-refractivity contribution in [2.45, 2.75) is 19.3 Å². The maximum absolute atomic E-state index is 6.65. The first-order chi connectivity index (χ1) is 16.7. The largest absolute Gasteiger partial charge is 0.497 e. The zero-order chi connectivity index (χ0) is 23.3. The Labute approximate surface area is 202 Å². The summed E-state index contributed by atoms with van der Waals surface area (Å²) in [4.78, 5) is 16.2. The fourth-order valence-electron chi connectivity index (χ4n) is 5.15. The summed E-state index contributed by atoms with van der Waals surface area (Å²) in [5.74, 6) is 3.35. The molecule has 0 aliphatic carbocycles. The van der Waals surface area contributed by atoms with Crippen molar-refractivity contribution in [2.75, 3.05) is 66.8 Å². The SMILES string of the molecule is COc1ccc(N2CCN(c3ncnc(N4CCC(Cc5ccccc5)CC4)c3N)CC2)cc1. The number of methoxy groups -OCH3 is 1. The van der Waals surface area contributed by atoms with Crippen LogP contribution in [0.4, 0.5) is 23.0 Å². The summed E-state index contributed by atoms with van der Waals surface area (Å²) in [5.41, 5.74) is 10.0. The number of nitrogens with two attached hydrogens (primary N) is 1.